The fourth-order valence-electron chi connectivity index (χ4n) is 2.36. The van der Waals surface area contributed by atoms with Gasteiger partial charge in [-0.15, -0.1) is 0 Å². The van der Waals surface area contributed by atoms with E-state index in [2.05, 4.69) is 65.5 Å². The van der Waals surface area contributed by atoms with Crippen LogP contribution in [-0.4, -0.2) is 14.4 Å². The van der Waals surface area contributed by atoms with Gasteiger partial charge in [-0.2, -0.15) is 0 Å². The maximum absolute atomic E-state index is 6.62. The lowest BCUT2D eigenvalue weighted by atomic mass is 10.2. The average molecular weight is 252 g/mol. The summed E-state index contributed by atoms with van der Waals surface area (Å²) >= 11 is 0. The van der Waals surface area contributed by atoms with Crippen molar-refractivity contribution in [2.24, 2.45) is 0 Å². The van der Waals surface area contributed by atoms with E-state index >= 15 is 0 Å². The van der Waals surface area contributed by atoms with Crippen LogP contribution >= 0.6 is 0 Å². The Morgan fingerprint density at radius 3 is 1.94 bits per heavy atom. The lowest BCUT2D eigenvalue weighted by Gasteiger charge is -2.44. The van der Waals surface area contributed by atoms with E-state index in [0.717, 1.165) is 12.8 Å². The first-order valence-corrected chi connectivity index (χ1v) is 9.36. The molecule has 0 saturated heterocycles. The Bertz CT molecular complexity index is 285. The van der Waals surface area contributed by atoms with Crippen molar-refractivity contribution in [3.05, 3.63) is 24.3 Å². The van der Waals surface area contributed by atoms with Crippen molar-refractivity contribution in [2.75, 3.05) is 0 Å². The van der Waals surface area contributed by atoms with Crippen LogP contribution in [0.3, 0.4) is 0 Å². The summed E-state index contributed by atoms with van der Waals surface area (Å²) in [5.41, 5.74) is 0.531. The van der Waals surface area contributed by atoms with Gasteiger partial charge in [-0.1, -0.05) is 58.9 Å². The Morgan fingerprint density at radius 1 is 1.12 bits per heavy atom. The molecule has 0 radical (unpaired) electrons. The van der Waals surface area contributed by atoms with Crippen molar-refractivity contribution >= 4 is 8.32 Å². The first-order chi connectivity index (χ1) is 7.85. The molecule has 0 aromatic rings. The highest BCUT2D eigenvalue weighted by Gasteiger charge is 2.48. The van der Waals surface area contributed by atoms with Gasteiger partial charge >= 0.3 is 0 Å². The molecule has 1 aliphatic rings. The molecular formula is C15H28OSi. The fourth-order valence-corrected chi connectivity index (χ4v) is 5.85. The molecule has 1 unspecified atom stereocenters. The standard InChI is InChI=1S/C15H28OSi/c1-7-13(8-2)16-17(6,15(3,4)5)14-11-9-10-12-14/h9-14H,7-8H2,1-6H3. The van der Waals surface area contributed by atoms with E-state index in [1.165, 1.54) is 0 Å². The lowest BCUT2D eigenvalue weighted by molar-refractivity contribution is 0.168. The second-order valence-corrected chi connectivity index (χ2v) is 10.8. The van der Waals surface area contributed by atoms with E-state index in [4.69, 9.17) is 4.43 Å². The van der Waals surface area contributed by atoms with Gasteiger partial charge in [0.15, 0.2) is 0 Å². The predicted molar refractivity (Wildman–Crippen MR) is 78.8 cm³/mol. The third-order valence-corrected chi connectivity index (χ3v) is 9.65. The van der Waals surface area contributed by atoms with Crippen LogP contribution in [0.5, 0.6) is 0 Å². The molecule has 0 heterocycles. The number of hydrogen-bond acceptors (Lipinski definition) is 1. The molecule has 2 heteroatoms. The molecule has 0 spiro atoms. The zero-order chi connectivity index (χ0) is 13.1. The van der Waals surface area contributed by atoms with Crippen molar-refractivity contribution in [1.82, 2.24) is 0 Å². The summed E-state index contributed by atoms with van der Waals surface area (Å²) in [6.45, 7) is 13.9. The van der Waals surface area contributed by atoms with Crippen LogP contribution in [0.25, 0.3) is 0 Å². The number of allylic oxidation sites excluding steroid dienone is 4. The number of rotatable bonds is 5. The van der Waals surface area contributed by atoms with Gasteiger partial charge in [0.25, 0.3) is 0 Å². The summed E-state index contributed by atoms with van der Waals surface area (Å²) in [4.78, 5) is 0. The summed E-state index contributed by atoms with van der Waals surface area (Å²) in [5.74, 6) is 0. The molecule has 17 heavy (non-hydrogen) atoms. The largest absolute Gasteiger partial charge is 0.413 e. The molecule has 0 N–H and O–H groups in total. The zero-order valence-corrected chi connectivity index (χ0v) is 13.3. The van der Waals surface area contributed by atoms with Crippen LogP contribution in [-0.2, 0) is 4.43 Å². The predicted octanol–water partition coefficient (Wildman–Crippen LogP) is 5.06. The highest BCUT2D eigenvalue weighted by molar-refractivity contribution is 6.77. The fraction of sp³-hybridized carbons (Fsp3) is 0.733. The molecule has 0 fully saturated rings. The average Bonchev–Trinajstić information content (AvgIpc) is 2.77. The number of hydrogen-bond donors (Lipinski definition) is 0. The van der Waals surface area contributed by atoms with Gasteiger partial charge in [-0.05, 0) is 24.4 Å². The van der Waals surface area contributed by atoms with Crippen molar-refractivity contribution < 1.29 is 4.43 Å². The quantitative estimate of drug-likeness (QED) is 0.621. The molecule has 1 aliphatic carbocycles. The van der Waals surface area contributed by atoms with Gasteiger partial charge in [0.05, 0.1) is 0 Å². The van der Waals surface area contributed by atoms with Gasteiger partial charge in [-0.3, -0.25) is 0 Å². The maximum Gasteiger partial charge on any atom is 0.205 e. The molecule has 0 aliphatic heterocycles. The molecule has 0 saturated carbocycles. The molecule has 0 aromatic carbocycles. The Balaban J connectivity index is 2.94. The smallest absolute Gasteiger partial charge is 0.205 e. The minimum absolute atomic E-state index is 0.263. The SMILES string of the molecule is CCC(CC)O[Si](C)(C1C=CC=C1)C(C)(C)C. The van der Waals surface area contributed by atoms with Gasteiger partial charge in [0, 0.05) is 11.6 Å². The third-order valence-electron chi connectivity index (χ3n) is 4.20. The second kappa shape index (κ2) is 5.53. The highest BCUT2D eigenvalue weighted by atomic mass is 28.4. The Kier molecular flexibility index (Phi) is 4.79. The van der Waals surface area contributed by atoms with Gasteiger partial charge < -0.3 is 4.43 Å². The summed E-state index contributed by atoms with van der Waals surface area (Å²) in [6, 6.07) is 0. The molecular weight excluding hydrogens is 224 g/mol. The van der Waals surface area contributed by atoms with E-state index in [-0.39, 0.29) is 5.04 Å². The van der Waals surface area contributed by atoms with Crippen LogP contribution < -0.4 is 0 Å². The van der Waals surface area contributed by atoms with Crippen LogP contribution in [0, 0.1) is 0 Å². The van der Waals surface area contributed by atoms with Gasteiger partial charge in [0.2, 0.25) is 8.32 Å². The molecule has 98 valence electrons. The summed E-state index contributed by atoms with van der Waals surface area (Å²) in [6.07, 6.45) is 11.6. The van der Waals surface area contributed by atoms with Gasteiger partial charge in [0.1, 0.15) is 0 Å². The molecule has 0 aromatic heterocycles. The van der Waals surface area contributed by atoms with Crippen molar-refractivity contribution in [2.45, 2.75) is 70.7 Å². The first-order valence-electron chi connectivity index (χ1n) is 6.88. The molecule has 1 nitrogen and oxygen atoms in total. The molecule has 0 bridgehead atoms. The Morgan fingerprint density at radius 2 is 1.59 bits per heavy atom. The van der Waals surface area contributed by atoms with Crippen LogP contribution in [0.15, 0.2) is 24.3 Å². The van der Waals surface area contributed by atoms with Crippen LogP contribution in [0.1, 0.15) is 47.5 Å². The zero-order valence-electron chi connectivity index (χ0n) is 12.3. The Hall–Kier alpha value is -0.343. The summed E-state index contributed by atoms with van der Waals surface area (Å²) in [7, 11) is -1.80. The second-order valence-electron chi connectivity index (χ2n) is 6.21. The van der Waals surface area contributed by atoms with E-state index in [9.17, 15) is 0 Å². The third kappa shape index (κ3) is 3.11. The first kappa shape index (κ1) is 14.7. The van der Waals surface area contributed by atoms with Crippen molar-refractivity contribution in [3.8, 4) is 0 Å². The molecule has 1 atom stereocenters. The normalized spacial score (nSPS) is 20.2. The monoisotopic (exact) mass is 252 g/mol. The topological polar surface area (TPSA) is 9.23 Å². The van der Waals surface area contributed by atoms with Crippen LogP contribution in [0.2, 0.25) is 17.1 Å². The van der Waals surface area contributed by atoms with E-state index in [0.29, 0.717) is 11.6 Å². The molecule has 1 rings (SSSR count). The van der Waals surface area contributed by atoms with E-state index < -0.39 is 8.32 Å². The minimum Gasteiger partial charge on any atom is -0.413 e. The van der Waals surface area contributed by atoms with Gasteiger partial charge in [-0.25, -0.2) is 0 Å². The highest BCUT2D eigenvalue weighted by Crippen LogP contribution is 2.47. The van der Waals surface area contributed by atoms with Crippen molar-refractivity contribution in [3.63, 3.8) is 0 Å². The lowest BCUT2D eigenvalue weighted by Crippen LogP contribution is -2.49. The Labute approximate surface area is 108 Å². The van der Waals surface area contributed by atoms with Crippen LogP contribution in [0.4, 0.5) is 0 Å². The molecule has 0 amide bonds. The summed E-state index contributed by atoms with van der Waals surface area (Å²) < 4.78 is 6.62. The van der Waals surface area contributed by atoms with Crippen molar-refractivity contribution in [1.29, 1.82) is 0 Å². The van der Waals surface area contributed by atoms with E-state index in [1.807, 2.05) is 0 Å². The minimum atomic E-state index is -1.80. The maximum atomic E-state index is 6.62. The van der Waals surface area contributed by atoms with E-state index in [1.54, 1.807) is 0 Å². The summed E-state index contributed by atoms with van der Waals surface area (Å²) in [5, 5.41) is 0.263.